The molecule has 0 aliphatic carbocycles. The van der Waals surface area contributed by atoms with Gasteiger partial charge in [0, 0.05) is 48.3 Å². The summed E-state index contributed by atoms with van der Waals surface area (Å²) in [6.45, 7) is 43.2. The van der Waals surface area contributed by atoms with Crippen molar-refractivity contribution in [1.29, 1.82) is 0 Å². The first-order valence-electron chi connectivity index (χ1n) is 25.0. The summed E-state index contributed by atoms with van der Waals surface area (Å²) in [6, 6.07) is 32.3. The second kappa shape index (κ2) is 20.6. The molecule has 6 heterocycles. The van der Waals surface area contributed by atoms with Gasteiger partial charge < -0.3 is 19.1 Å². The second-order valence-electron chi connectivity index (χ2n) is 25.2. The molecule has 385 valence electrons. The molecule has 1 radical (unpaired) electrons. The van der Waals surface area contributed by atoms with Crippen LogP contribution >= 0.6 is 0 Å². The third kappa shape index (κ3) is 12.8. The molecule has 0 atom stereocenters. The van der Waals surface area contributed by atoms with Crippen LogP contribution in [0.2, 0.25) is 0 Å². The molecule has 1 aliphatic rings. The monoisotopic (exact) mass is 1160 g/mol. The second-order valence-corrected chi connectivity index (χ2v) is 25.2. The van der Waals surface area contributed by atoms with Crippen LogP contribution < -0.4 is 13.7 Å². The predicted octanol–water partition coefficient (Wildman–Crippen LogP) is 11.8. The molecular formula is C60H75IrN12-. The Kier molecular flexibility index (Phi) is 15.9. The van der Waals surface area contributed by atoms with Gasteiger partial charge in [-0.15, -0.1) is 26.8 Å². The standard InChI is InChI=1S/C22H29N4.2C19H23N4.Ir/c1-15(2)25-14-26(17-11-9-10-16(12-17)21(3,4)5)18-13-23-20(22(6,7)8)24-19(18)25;2*1-18(2,3)13-8-7-9-14(10-13)23-12-21-16-15(23)11-20-17(22-16)19(4,5)6;/h9-10,12-13,15H,1-8H3;2*7-8,10-11H,1-6H3,(H,20,21,22);/q+1;2*-1;. The smallest absolute Gasteiger partial charge is 0.339 e. The van der Waals surface area contributed by atoms with E-state index in [0.717, 1.165) is 68.4 Å². The summed E-state index contributed by atoms with van der Waals surface area (Å²) in [5.41, 5.74) is 11.0. The van der Waals surface area contributed by atoms with Crippen molar-refractivity contribution in [2.75, 3.05) is 0 Å². The van der Waals surface area contributed by atoms with Crippen molar-refractivity contribution in [2.45, 2.75) is 177 Å². The average molecular weight is 1160 g/mol. The molecule has 73 heavy (non-hydrogen) atoms. The molecule has 0 saturated heterocycles. The zero-order valence-corrected chi connectivity index (χ0v) is 49.2. The normalized spacial score (nSPS) is 13.2. The van der Waals surface area contributed by atoms with Gasteiger partial charge in [-0.25, -0.2) is 24.9 Å². The zero-order chi connectivity index (χ0) is 52.9. The Labute approximate surface area is 448 Å². The summed E-state index contributed by atoms with van der Waals surface area (Å²) in [5, 5.41) is 0. The van der Waals surface area contributed by atoms with Gasteiger partial charge >= 0.3 is 11.8 Å². The van der Waals surface area contributed by atoms with Gasteiger partial charge in [0.25, 0.3) is 11.5 Å². The molecule has 9 rings (SSSR count). The minimum Gasteiger partial charge on any atom is -0.339 e. The van der Waals surface area contributed by atoms with E-state index in [2.05, 4.69) is 251 Å². The molecule has 8 aromatic rings. The average Bonchev–Trinajstić information content (AvgIpc) is 4.03. The fraction of sp³-hybridized carbons (Fsp3) is 0.450. The number of rotatable bonds is 4. The van der Waals surface area contributed by atoms with Gasteiger partial charge in [-0.3, -0.25) is 0 Å². The topological polar surface area (TPSA) is 123 Å². The largest absolute Gasteiger partial charge is 0.457 e. The van der Waals surface area contributed by atoms with Crippen LogP contribution in [0.4, 0.5) is 17.2 Å². The summed E-state index contributed by atoms with van der Waals surface area (Å²) >= 11 is 0. The Morgan fingerprint density at radius 3 is 1.21 bits per heavy atom. The van der Waals surface area contributed by atoms with Gasteiger partial charge in [0.05, 0.1) is 28.3 Å². The number of fused-ring (bicyclic) bond motifs is 3. The Bertz CT molecular complexity index is 3180. The molecule has 2 N–H and O–H groups in total. The number of imidazole rings is 2. The van der Waals surface area contributed by atoms with Crippen molar-refractivity contribution in [3.05, 3.63) is 138 Å². The van der Waals surface area contributed by atoms with Crippen LogP contribution in [0.25, 0.3) is 33.7 Å². The molecule has 0 spiro atoms. The molecule has 5 aromatic heterocycles. The van der Waals surface area contributed by atoms with Gasteiger partial charge in [0.1, 0.15) is 17.7 Å². The number of nitrogens with zero attached hydrogens (tertiary/aromatic N) is 10. The molecule has 0 fully saturated rings. The molecule has 0 saturated carbocycles. The molecule has 13 heteroatoms. The first-order valence-corrected chi connectivity index (χ1v) is 25.0. The molecule has 0 amide bonds. The summed E-state index contributed by atoms with van der Waals surface area (Å²) in [5.74, 6) is 3.40. The van der Waals surface area contributed by atoms with E-state index in [1.54, 1.807) is 0 Å². The van der Waals surface area contributed by atoms with Crippen molar-refractivity contribution >= 4 is 45.5 Å². The van der Waals surface area contributed by atoms with E-state index in [4.69, 9.17) is 4.98 Å². The van der Waals surface area contributed by atoms with Gasteiger partial charge in [0.2, 0.25) is 12.7 Å². The Balaban J connectivity index is 0.000000178. The maximum Gasteiger partial charge on any atom is 0.457 e. The van der Waals surface area contributed by atoms with Gasteiger partial charge in [-0.2, -0.15) is 71.8 Å². The van der Waals surface area contributed by atoms with Crippen LogP contribution in [-0.4, -0.2) is 56.5 Å². The van der Waals surface area contributed by atoms with Gasteiger partial charge in [-0.05, 0) is 50.9 Å². The predicted molar refractivity (Wildman–Crippen MR) is 287 cm³/mol. The van der Waals surface area contributed by atoms with Crippen LogP contribution in [0.15, 0.2) is 73.2 Å². The van der Waals surface area contributed by atoms with E-state index < -0.39 is 0 Å². The van der Waals surface area contributed by atoms with Crippen molar-refractivity contribution in [3.63, 3.8) is 0 Å². The number of aromatic nitrogens is 10. The first-order chi connectivity index (χ1) is 33.3. The number of aromatic amines is 2. The van der Waals surface area contributed by atoms with Gasteiger partial charge in [0.15, 0.2) is 11.3 Å². The molecular weight excluding hydrogens is 1080 g/mol. The van der Waals surface area contributed by atoms with E-state index in [-0.39, 0.29) is 58.6 Å². The zero-order valence-electron chi connectivity index (χ0n) is 46.8. The van der Waals surface area contributed by atoms with Crippen LogP contribution in [-0.2, 0) is 52.6 Å². The first kappa shape index (κ1) is 56.2. The van der Waals surface area contributed by atoms with E-state index in [1.165, 1.54) is 16.7 Å². The Hall–Kier alpha value is -6.13. The number of nitrogens with one attached hydrogen (secondary N) is 2. The van der Waals surface area contributed by atoms with Crippen molar-refractivity contribution in [1.82, 2.24) is 44.4 Å². The van der Waals surface area contributed by atoms with Crippen LogP contribution in [0, 0.1) is 30.9 Å². The van der Waals surface area contributed by atoms with Crippen molar-refractivity contribution < 1.29 is 33.8 Å². The number of H-pyrrole nitrogens is 2. The van der Waals surface area contributed by atoms with E-state index in [9.17, 15) is 0 Å². The van der Waals surface area contributed by atoms with Crippen LogP contribution in [0.1, 0.15) is 173 Å². The number of benzene rings is 3. The van der Waals surface area contributed by atoms with Crippen LogP contribution in [0.5, 0.6) is 0 Å². The van der Waals surface area contributed by atoms with E-state index in [0.29, 0.717) is 0 Å². The van der Waals surface area contributed by atoms with E-state index >= 15 is 0 Å². The van der Waals surface area contributed by atoms with Crippen molar-refractivity contribution in [2.24, 2.45) is 0 Å². The molecule has 3 aromatic carbocycles. The minimum absolute atomic E-state index is 0. The Morgan fingerprint density at radius 2 is 0.836 bits per heavy atom. The van der Waals surface area contributed by atoms with Crippen LogP contribution in [0.3, 0.4) is 0 Å². The molecule has 0 unspecified atom stereocenters. The molecule has 0 bridgehead atoms. The summed E-state index contributed by atoms with van der Waals surface area (Å²) in [4.78, 5) is 34.1. The third-order valence-electron chi connectivity index (χ3n) is 12.2. The van der Waals surface area contributed by atoms with Gasteiger partial charge in [-0.1, -0.05) is 115 Å². The maximum atomic E-state index is 4.87. The summed E-state index contributed by atoms with van der Waals surface area (Å²) in [6.07, 6.45) is 11.9. The van der Waals surface area contributed by atoms with E-state index in [1.807, 2.05) is 50.5 Å². The minimum atomic E-state index is -0.0939. The number of hydrogen-bond acceptors (Lipinski definition) is 6. The fourth-order valence-electron chi connectivity index (χ4n) is 7.67. The SMILES string of the molecule is CC(C)(C)c1cc[c-]c(-[n+]2[c-][nH]c3nc(C(C)(C)C)ncc32)c1.CC(C)(C)c1cc[c-]c(-[n+]2[c-][nH]c3nc(C(C)(C)C)ncc32)c1.CC(C)[N+]1=C=[N+](c2[c-]ccc(C(C)(C)C)c2)c2cnc(C(C)(C)C)nc21.[Ir]. The Morgan fingerprint density at radius 1 is 0.479 bits per heavy atom. The molecule has 1 aliphatic heterocycles. The maximum absolute atomic E-state index is 4.87. The third-order valence-corrected chi connectivity index (χ3v) is 12.2. The summed E-state index contributed by atoms with van der Waals surface area (Å²) in [7, 11) is 0. The van der Waals surface area contributed by atoms with Crippen molar-refractivity contribution in [3.8, 4) is 11.4 Å². The summed E-state index contributed by atoms with van der Waals surface area (Å²) < 4.78 is 7.97. The quantitative estimate of drug-likeness (QED) is 0.134. The fourth-order valence-corrected chi connectivity index (χ4v) is 7.67. The number of hydrogen-bond donors (Lipinski definition) is 2. The molecule has 12 nitrogen and oxygen atoms in total.